The molecule has 67 heavy (non-hydrogen) atoms. The summed E-state index contributed by atoms with van der Waals surface area (Å²) in [4.78, 5) is 77.1. The first-order chi connectivity index (χ1) is 32.6. The number of rotatable bonds is 12. The van der Waals surface area contributed by atoms with Crippen molar-refractivity contribution in [2.45, 2.75) is 70.5 Å². The molecule has 15 heteroatoms. The van der Waals surface area contributed by atoms with E-state index in [4.69, 9.17) is 9.47 Å². The van der Waals surface area contributed by atoms with E-state index in [1.165, 1.54) is 4.57 Å². The van der Waals surface area contributed by atoms with Crippen molar-refractivity contribution >= 4 is 45.7 Å². The van der Waals surface area contributed by atoms with Gasteiger partial charge in [0.1, 0.15) is 6.04 Å². The highest BCUT2D eigenvalue weighted by Crippen LogP contribution is 2.29. The fourth-order valence-corrected chi connectivity index (χ4v) is 10.0. The SMILES string of the molecule is Cc1cc(CC(NC(=O)N2CCC(c3cc4ccccc4n(COC(=O)c4ccccc4)c3=O)CC2)C(=O)N2CCN(C3CCN(C)CC3)CC2)cc2cnn(COC(=O)c3ccccc3)c12. The van der Waals surface area contributed by atoms with E-state index in [1.54, 1.807) is 64.3 Å². The van der Waals surface area contributed by atoms with Gasteiger partial charge < -0.3 is 29.5 Å². The van der Waals surface area contributed by atoms with Gasteiger partial charge in [0.05, 0.1) is 28.4 Å². The van der Waals surface area contributed by atoms with E-state index in [0.29, 0.717) is 67.3 Å². The summed E-state index contributed by atoms with van der Waals surface area (Å²) < 4.78 is 14.4. The summed E-state index contributed by atoms with van der Waals surface area (Å²) in [5, 5.41) is 9.38. The number of para-hydroxylation sites is 1. The van der Waals surface area contributed by atoms with Crippen molar-refractivity contribution in [1.82, 2.24) is 39.3 Å². The van der Waals surface area contributed by atoms with Gasteiger partial charge in [0, 0.05) is 62.7 Å². The minimum absolute atomic E-state index is 0.0595. The number of aromatic nitrogens is 3. The average molecular weight is 907 g/mol. The molecule has 0 bridgehead atoms. The Hall–Kier alpha value is -6.84. The number of urea groups is 1. The number of ether oxygens (including phenoxy) is 2. The lowest BCUT2D eigenvalue weighted by atomic mass is 9.89. The third kappa shape index (κ3) is 10.3. The van der Waals surface area contributed by atoms with E-state index in [2.05, 4.69) is 27.3 Å². The zero-order valence-electron chi connectivity index (χ0n) is 38.2. The van der Waals surface area contributed by atoms with Gasteiger partial charge in [-0.2, -0.15) is 5.10 Å². The lowest BCUT2D eigenvalue weighted by Gasteiger charge is -2.43. The third-order valence-electron chi connectivity index (χ3n) is 13.8. The molecular formula is C52H58N8O7. The van der Waals surface area contributed by atoms with E-state index in [-0.39, 0.29) is 43.3 Å². The van der Waals surface area contributed by atoms with Crippen LogP contribution < -0.4 is 10.9 Å². The Morgan fingerprint density at radius 1 is 0.701 bits per heavy atom. The number of piperazine rings is 1. The molecule has 4 aromatic carbocycles. The minimum atomic E-state index is -0.829. The van der Waals surface area contributed by atoms with Crippen molar-refractivity contribution in [3.05, 3.63) is 147 Å². The summed E-state index contributed by atoms with van der Waals surface area (Å²) in [6, 6.07) is 30.3. The normalized spacial score (nSPS) is 17.1. The highest BCUT2D eigenvalue weighted by molar-refractivity contribution is 5.90. The number of benzene rings is 4. The zero-order valence-corrected chi connectivity index (χ0v) is 38.2. The summed E-state index contributed by atoms with van der Waals surface area (Å²) >= 11 is 0. The number of carbonyl (C=O) groups excluding carboxylic acids is 4. The average Bonchev–Trinajstić information content (AvgIpc) is 3.79. The minimum Gasteiger partial charge on any atom is -0.440 e. The largest absolute Gasteiger partial charge is 0.440 e. The van der Waals surface area contributed by atoms with Crippen molar-refractivity contribution < 1.29 is 28.7 Å². The molecule has 15 nitrogen and oxygen atoms in total. The van der Waals surface area contributed by atoms with Crippen LogP contribution in [0.4, 0.5) is 4.79 Å². The first-order valence-electron chi connectivity index (χ1n) is 23.4. The van der Waals surface area contributed by atoms with Gasteiger partial charge in [-0.1, -0.05) is 60.7 Å². The summed E-state index contributed by atoms with van der Waals surface area (Å²) in [6.07, 6.45) is 5.33. The number of esters is 2. The molecule has 1 unspecified atom stereocenters. The van der Waals surface area contributed by atoms with Gasteiger partial charge in [0.2, 0.25) is 5.91 Å². The summed E-state index contributed by atoms with van der Waals surface area (Å²) in [7, 11) is 2.16. The maximum atomic E-state index is 14.6. The lowest BCUT2D eigenvalue weighted by Crippen LogP contribution is -2.59. The van der Waals surface area contributed by atoms with E-state index in [1.807, 2.05) is 66.4 Å². The van der Waals surface area contributed by atoms with Crippen LogP contribution in [0, 0.1) is 6.92 Å². The fraction of sp³-hybridized carbons (Fsp3) is 0.385. The van der Waals surface area contributed by atoms with Crippen LogP contribution in [0.5, 0.6) is 0 Å². The molecule has 1 N–H and O–H groups in total. The van der Waals surface area contributed by atoms with E-state index in [9.17, 15) is 24.0 Å². The highest BCUT2D eigenvalue weighted by Gasteiger charge is 2.34. The van der Waals surface area contributed by atoms with Gasteiger partial charge in [-0.3, -0.25) is 19.1 Å². The summed E-state index contributed by atoms with van der Waals surface area (Å²) in [6.45, 7) is 7.36. The predicted octanol–water partition coefficient (Wildman–Crippen LogP) is 6.03. The fourth-order valence-electron chi connectivity index (χ4n) is 10.0. The smallest absolute Gasteiger partial charge is 0.339 e. The Morgan fingerprint density at radius 2 is 1.33 bits per heavy atom. The van der Waals surface area contributed by atoms with Crippen molar-refractivity contribution in [2.24, 2.45) is 0 Å². The molecule has 0 radical (unpaired) electrons. The van der Waals surface area contributed by atoms with Crippen LogP contribution in [0.25, 0.3) is 21.8 Å². The Morgan fingerprint density at radius 3 is 2.00 bits per heavy atom. The number of aryl methyl sites for hydroxylation is 1. The Labute approximate surface area is 389 Å². The maximum Gasteiger partial charge on any atom is 0.339 e. The molecule has 5 heterocycles. The Balaban J connectivity index is 0.893. The molecule has 1 atom stereocenters. The van der Waals surface area contributed by atoms with Crippen LogP contribution in [0.3, 0.4) is 0 Å². The zero-order chi connectivity index (χ0) is 46.4. The number of hydrogen-bond donors (Lipinski definition) is 1. The van der Waals surface area contributed by atoms with Gasteiger partial charge >= 0.3 is 18.0 Å². The van der Waals surface area contributed by atoms with Crippen LogP contribution in [0.2, 0.25) is 0 Å². The summed E-state index contributed by atoms with van der Waals surface area (Å²) in [5.41, 5.74) is 4.50. The van der Waals surface area contributed by atoms with Gasteiger partial charge in [-0.15, -0.1) is 0 Å². The molecule has 0 spiro atoms. The second-order valence-corrected chi connectivity index (χ2v) is 18.1. The molecule has 3 amide bonds. The third-order valence-corrected chi connectivity index (χ3v) is 13.8. The number of hydrogen-bond acceptors (Lipinski definition) is 10. The van der Waals surface area contributed by atoms with Crippen molar-refractivity contribution in [3.8, 4) is 0 Å². The number of carbonyl (C=O) groups is 4. The molecule has 3 saturated heterocycles. The molecule has 3 fully saturated rings. The highest BCUT2D eigenvalue weighted by atomic mass is 16.5. The Bertz CT molecular complexity index is 2790. The van der Waals surface area contributed by atoms with Crippen LogP contribution in [-0.2, 0) is 34.2 Å². The van der Waals surface area contributed by atoms with E-state index >= 15 is 0 Å². The Kier molecular flexibility index (Phi) is 13.8. The molecule has 3 aliphatic heterocycles. The van der Waals surface area contributed by atoms with E-state index < -0.39 is 18.0 Å². The second kappa shape index (κ2) is 20.4. The lowest BCUT2D eigenvalue weighted by molar-refractivity contribution is -0.135. The number of piperidine rings is 2. The molecule has 2 aromatic heterocycles. The van der Waals surface area contributed by atoms with Crippen LogP contribution in [-0.4, -0.2) is 129 Å². The second-order valence-electron chi connectivity index (χ2n) is 18.1. The van der Waals surface area contributed by atoms with Gasteiger partial charge in [0.25, 0.3) is 5.56 Å². The number of nitrogens with zero attached hydrogens (tertiary/aromatic N) is 7. The van der Waals surface area contributed by atoms with Gasteiger partial charge in [0.15, 0.2) is 13.5 Å². The molecule has 3 aliphatic rings. The van der Waals surface area contributed by atoms with Crippen molar-refractivity contribution in [3.63, 3.8) is 0 Å². The summed E-state index contributed by atoms with van der Waals surface area (Å²) in [5.74, 6) is -1.20. The van der Waals surface area contributed by atoms with Crippen molar-refractivity contribution in [1.29, 1.82) is 0 Å². The van der Waals surface area contributed by atoms with Gasteiger partial charge in [-0.25, -0.2) is 19.1 Å². The first kappa shape index (κ1) is 45.3. The predicted molar refractivity (Wildman–Crippen MR) is 255 cm³/mol. The maximum absolute atomic E-state index is 14.6. The molecule has 0 aliphatic carbocycles. The van der Waals surface area contributed by atoms with Crippen LogP contribution in [0.1, 0.15) is 69.0 Å². The molecule has 348 valence electrons. The number of pyridine rings is 1. The molecule has 6 aromatic rings. The molecule has 0 saturated carbocycles. The number of likely N-dealkylation sites (tertiary alicyclic amines) is 2. The van der Waals surface area contributed by atoms with Crippen LogP contribution >= 0.6 is 0 Å². The number of fused-ring (bicyclic) bond motifs is 2. The first-order valence-corrected chi connectivity index (χ1v) is 23.4. The molecular weight excluding hydrogens is 849 g/mol. The van der Waals surface area contributed by atoms with Gasteiger partial charge in [-0.05, 0) is 118 Å². The quantitative estimate of drug-likeness (QED) is 0.144. The standard InChI is InChI=1S/C52H58N8O7/c1-36-29-37(30-42-33-53-60(47(36)42)35-67-51(64)40-13-7-4-8-14-40)31-45(49(62)57-27-25-56(26-28-57)43-19-21-55(2)22-20-43)54-52(65)58-23-17-38(18-24-58)44-32-41-15-9-10-16-46(41)59(48(44)61)34-66-50(63)39-11-5-3-6-12-39/h3-16,29-30,32-33,38,43,45H,17-28,31,34-35H2,1-2H3,(H,54,65). The molecule has 9 rings (SSSR count). The van der Waals surface area contributed by atoms with Crippen LogP contribution in [0.15, 0.2) is 114 Å². The number of nitrogens with one attached hydrogen (secondary N) is 1. The van der Waals surface area contributed by atoms with E-state index in [0.717, 1.165) is 66.4 Å². The number of amides is 3. The topological polar surface area (TPSA) is 152 Å². The van der Waals surface area contributed by atoms with Crippen molar-refractivity contribution in [2.75, 3.05) is 59.4 Å². The monoisotopic (exact) mass is 906 g/mol.